The van der Waals surface area contributed by atoms with Crippen molar-refractivity contribution in [2.45, 2.75) is 26.6 Å². The first-order chi connectivity index (χ1) is 15.7. The van der Waals surface area contributed by atoms with E-state index >= 15 is 0 Å². The van der Waals surface area contributed by atoms with Crippen LogP contribution in [0.15, 0.2) is 59.4 Å². The van der Waals surface area contributed by atoms with Gasteiger partial charge in [0.05, 0.1) is 35.1 Å². The van der Waals surface area contributed by atoms with Gasteiger partial charge < -0.3 is 14.4 Å². The molecule has 0 amide bonds. The van der Waals surface area contributed by atoms with Crippen molar-refractivity contribution in [2.24, 2.45) is 7.05 Å². The van der Waals surface area contributed by atoms with E-state index in [9.17, 15) is 19.5 Å². The number of hydrogen-bond donors (Lipinski definition) is 1. The molecule has 0 saturated heterocycles. The highest BCUT2D eigenvalue weighted by Gasteiger charge is 2.41. The quantitative estimate of drug-likeness (QED) is 0.255. The maximum atomic E-state index is 13.8. The lowest BCUT2D eigenvalue weighted by Crippen LogP contribution is -2.23. The van der Waals surface area contributed by atoms with E-state index in [4.69, 9.17) is 9.05 Å². The molecule has 0 aliphatic carbocycles. The van der Waals surface area contributed by atoms with Gasteiger partial charge in [0, 0.05) is 13.1 Å². The van der Waals surface area contributed by atoms with Gasteiger partial charge in [-0.2, -0.15) is 0 Å². The second-order valence-corrected chi connectivity index (χ2v) is 9.29. The zero-order chi connectivity index (χ0) is 24.2. The molecule has 1 atom stereocenters. The zero-order valence-corrected chi connectivity index (χ0v) is 19.8. The number of nitrogens with zero attached hydrogens (tertiary/aromatic N) is 3. The van der Waals surface area contributed by atoms with Crippen molar-refractivity contribution >= 4 is 19.0 Å². The van der Waals surface area contributed by atoms with Gasteiger partial charge in [0.2, 0.25) is 0 Å². The average molecular weight is 474 g/mol. The van der Waals surface area contributed by atoms with Crippen molar-refractivity contribution in [2.75, 3.05) is 18.5 Å². The zero-order valence-electron chi connectivity index (χ0n) is 18.9. The Labute approximate surface area is 191 Å². The molecular weight excluding hydrogens is 447 g/mol. The molecule has 0 fully saturated rings. The Kier molecular flexibility index (Phi) is 7.53. The summed E-state index contributed by atoms with van der Waals surface area (Å²) in [6.45, 7) is 5.14. The van der Waals surface area contributed by atoms with Crippen molar-refractivity contribution in [1.82, 2.24) is 9.36 Å². The van der Waals surface area contributed by atoms with Gasteiger partial charge in [0.1, 0.15) is 5.69 Å². The molecule has 3 aromatic rings. The summed E-state index contributed by atoms with van der Waals surface area (Å²) in [6, 6.07) is 14.9. The monoisotopic (exact) mass is 474 g/mol. The maximum absolute atomic E-state index is 13.8. The van der Waals surface area contributed by atoms with Crippen LogP contribution in [0.5, 0.6) is 0 Å². The average Bonchev–Trinajstić information content (AvgIpc) is 3.00. The van der Waals surface area contributed by atoms with E-state index in [0.29, 0.717) is 11.4 Å². The molecule has 0 bridgehead atoms. The summed E-state index contributed by atoms with van der Waals surface area (Å²) in [7, 11) is -2.25. The predicted octanol–water partition coefficient (Wildman–Crippen LogP) is 4.77. The van der Waals surface area contributed by atoms with Crippen LogP contribution in [-0.4, -0.2) is 27.5 Å². The van der Waals surface area contributed by atoms with Gasteiger partial charge in [-0.1, -0.05) is 30.3 Å². The van der Waals surface area contributed by atoms with Crippen molar-refractivity contribution in [1.29, 1.82) is 0 Å². The van der Waals surface area contributed by atoms with Gasteiger partial charge in [0.15, 0.2) is 5.78 Å². The Hall–Kier alpha value is -3.20. The maximum Gasteiger partial charge on any atom is 0.357 e. The molecule has 11 heteroatoms. The number of anilines is 1. The summed E-state index contributed by atoms with van der Waals surface area (Å²) >= 11 is 0. The van der Waals surface area contributed by atoms with Crippen LogP contribution in [0.1, 0.15) is 30.9 Å². The number of hydrogen-bond acceptors (Lipinski definition) is 7. The number of nitro groups is 1. The summed E-state index contributed by atoms with van der Waals surface area (Å²) in [6.07, 6.45) is 0. The Balaban J connectivity index is 2.22. The van der Waals surface area contributed by atoms with Gasteiger partial charge in [-0.25, -0.2) is 4.68 Å². The third-order valence-corrected chi connectivity index (χ3v) is 7.47. The third kappa shape index (κ3) is 4.78. The molecule has 1 unspecified atom stereocenters. The Morgan fingerprint density at radius 2 is 1.64 bits per heavy atom. The van der Waals surface area contributed by atoms with E-state index in [1.54, 1.807) is 50.7 Å². The first-order valence-electron chi connectivity index (χ1n) is 10.5. The minimum absolute atomic E-state index is 0.0537. The van der Waals surface area contributed by atoms with Crippen LogP contribution in [-0.2, 0) is 20.7 Å². The minimum atomic E-state index is -3.97. The fourth-order valence-electron chi connectivity index (χ4n) is 3.63. The lowest BCUT2D eigenvalue weighted by Gasteiger charge is -2.27. The summed E-state index contributed by atoms with van der Waals surface area (Å²) < 4.78 is 28.0. The molecule has 0 aliphatic rings. The van der Waals surface area contributed by atoms with Crippen LogP contribution in [0, 0.1) is 17.0 Å². The molecule has 10 nitrogen and oxygen atoms in total. The van der Waals surface area contributed by atoms with Crippen molar-refractivity contribution in [3.8, 4) is 5.69 Å². The smallest absolute Gasteiger partial charge is 0.357 e. The van der Waals surface area contributed by atoms with E-state index in [1.807, 2.05) is 18.2 Å². The van der Waals surface area contributed by atoms with E-state index < -0.39 is 23.9 Å². The van der Waals surface area contributed by atoms with Crippen molar-refractivity contribution in [3.63, 3.8) is 0 Å². The molecule has 1 N–H and O–H groups in total. The fourth-order valence-corrected chi connectivity index (χ4v) is 5.57. The molecule has 3 rings (SSSR count). The summed E-state index contributed by atoms with van der Waals surface area (Å²) in [5.74, 6) is -1.28. The van der Waals surface area contributed by atoms with Gasteiger partial charge in [0.25, 0.3) is 11.2 Å². The standard InChI is InChI=1S/C22H27N4O6P/c1-5-31-33(30,32-6-2)21(18-14-10-11-15-19(18)26(28)29)23-20-16(3)24(4)25(22(20)27)17-12-8-7-9-13-17/h7-15,21,23H,5-6H2,1-4H3. The van der Waals surface area contributed by atoms with E-state index in [0.717, 1.165) is 0 Å². The van der Waals surface area contributed by atoms with Gasteiger partial charge in [-0.05, 0) is 39.0 Å². The Morgan fingerprint density at radius 1 is 1.06 bits per heavy atom. The highest BCUT2D eigenvalue weighted by molar-refractivity contribution is 7.54. The van der Waals surface area contributed by atoms with Gasteiger partial charge in [-0.3, -0.25) is 24.2 Å². The minimum Gasteiger partial charge on any atom is -0.362 e. The number of nitro benzene ring substituents is 1. The highest BCUT2D eigenvalue weighted by Crippen LogP contribution is 2.61. The fraction of sp³-hybridized carbons (Fsp3) is 0.318. The van der Waals surface area contributed by atoms with Gasteiger partial charge in [-0.15, -0.1) is 0 Å². The molecule has 33 heavy (non-hydrogen) atoms. The second-order valence-electron chi connectivity index (χ2n) is 7.17. The van der Waals surface area contributed by atoms with Crippen molar-refractivity contribution in [3.05, 3.63) is 86.3 Å². The predicted molar refractivity (Wildman–Crippen MR) is 126 cm³/mol. The summed E-state index contributed by atoms with van der Waals surface area (Å²) in [5.41, 5.74) is 0.773. The van der Waals surface area contributed by atoms with Crippen LogP contribution in [0.4, 0.5) is 11.4 Å². The molecule has 0 spiro atoms. The summed E-state index contributed by atoms with van der Waals surface area (Å²) in [5, 5.41) is 14.7. The molecule has 1 aromatic heterocycles. The Bertz CT molecular complexity index is 1230. The lowest BCUT2D eigenvalue weighted by atomic mass is 10.1. The molecule has 0 radical (unpaired) electrons. The van der Waals surface area contributed by atoms with E-state index in [2.05, 4.69) is 5.32 Å². The van der Waals surface area contributed by atoms with Crippen LogP contribution in [0.2, 0.25) is 0 Å². The largest absolute Gasteiger partial charge is 0.362 e. The number of aromatic nitrogens is 2. The normalized spacial score (nSPS) is 12.5. The second kappa shape index (κ2) is 10.2. The third-order valence-electron chi connectivity index (χ3n) is 5.20. The highest BCUT2D eigenvalue weighted by atomic mass is 31.2. The number of benzene rings is 2. The number of rotatable bonds is 10. The first-order valence-corrected chi connectivity index (χ1v) is 12.1. The van der Waals surface area contributed by atoms with Crippen molar-refractivity contribution < 1.29 is 18.5 Å². The van der Waals surface area contributed by atoms with E-state index in [-0.39, 0.29) is 30.2 Å². The van der Waals surface area contributed by atoms with Gasteiger partial charge >= 0.3 is 7.60 Å². The number of nitrogens with one attached hydrogen (secondary N) is 1. The lowest BCUT2D eigenvalue weighted by molar-refractivity contribution is -0.385. The molecule has 176 valence electrons. The van der Waals surface area contributed by atoms with Crippen LogP contribution in [0.3, 0.4) is 0 Å². The van der Waals surface area contributed by atoms with Crippen LogP contribution < -0.4 is 10.9 Å². The van der Waals surface area contributed by atoms with Crippen LogP contribution in [0.25, 0.3) is 5.69 Å². The summed E-state index contributed by atoms with van der Waals surface area (Å²) in [4.78, 5) is 24.6. The molecule has 2 aromatic carbocycles. The molecule has 1 heterocycles. The molecule has 0 aliphatic heterocycles. The SMILES string of the molecule is CCOP(=O)(OCC)C(Nc1c(C)n(C)n(-c2ccccc2)c1=O)c1ccccc1[N+](=O)[O-]. The molecular formula is C22H27N4O6P. The first kappa shape index (κ1) is 24.4. The topological polar surface area (TPSA) is 118 Å². The van der Waals surface area contributed by atoms with Crippen LogP contribution >= 0.6 is 7.60 Å². The number of para-hydroxylation sites is 2. The molecule has 0 saturated carbocycles. The Morgan fingerprint density at radius 3 is 2.21 bits per heavy atom. The van der Waals surface area contributed by atoms with E-state index in [1.165, 1.54) is 22.9 Å².